The van der Waals surface area contributed by atoms with Gasteiger partial charge in [-0.2, -0.15) is 0 Å². The Balaban J connectivity index is 1.73. The van der Waals surface area contributed by atoms with Gasteiger partial charge in [-0.15, -0.1) is 10.2 Å². The number of rotatable bonds is 5. The molecule has 1 N–H and O–H groups in total. The second kappa shape index (κ2) is 6.59. The summed E-state index contributed by atoms with van der Waals surface area (Å²) >= 11 is 3.01. The maximum atomic E-state index is 13.6. The van der Waals surface area contributed by atoms with Crippen LogP contribution in [0.25, 0.3) is 0 Å². The van der Waals surface area contributed by atoms with Crippen LogP contribution in [0.15, 0.2) is 16.5 Å². The molecule has 8 heteroatoms. The van der Waals surface area contributed by atoms with Crippen LogP contribution in [0.1, 0.15) is 18.1 Å². The molecule has 3 rings (SSSR count). The molecule has 1 aliphatic heterocycles. The Kier molecular flexibility index (Phi) is 4.57. The van der Waals surface area contributed by atoms with Crippen molar-refractivity contribution in [3.05, 3.63) is 29.1 Å². The van der Waals surface area contributed by atoms with E-state index in [9.17, 15) is 4.39 Å². The quantitative estimate of drug-likeness (QED) is 0.851. The Hall–Kier alpha value is -1.38. The Bertz CT molecular complexity index is 636. The fraction of sp³-hybridized carbons (Fsp3) is 0.385. The minimum atomic E-state index is -0.274. The summed E-state index contributed by atoms with van der Waals surface area (Å²) in [7, 11) is 0. The van der Waals surface area contributed by atoms with Crippen molar-refractivity contribution in [3.8, 4) is 5.75 Å². The van der Waals surface area contributed by atoms with Gasteiger partial charge in [-0.25, -0.2) is 4.39 Å². The summed E-state index contributed by atoms with van der Waals surface area (Å²) in [6.07, 6.45) is 0. The Morgan fingerprint density at radius 3 is 3.19 bits per heavy atom. The minimum absolute atomic E-state index is 0.208. The van der Waals surface area contributed by atoms with Gasteiger partial charge in [0.25, 0.3) is 0 Å². The largest absolute Gasteiger partial charge is 0.467 e. The van der Waals surface area contributed by atoms with Crippen molar-refractivity contribution in [2.45, 2.75) is 23.6 Å². The number of hydrogen-bond acceptors (Lipinski definition) is 7. The first-order chi connectivity index (χ1) is 10.3. The molecular weight excluding hydrogens is 313 g/mol. The summed E-state index contributed by atoms with van der Waals surface area (Å²) in [5.74, 6) is 1.04. The molecule has 0 bridgehead atoms. The predicted octanol–water partition coefficient (Wildman–Crippen LogP) is 3.27. The van der Waals surface area contributed by atoms with Gasteiger partial charge in [0, 0.05) is 23.4 Å². The molecule has 0 fully saturated rings. The Morgan fingerprint density at radius 1 is 1.43 bits per heavy atom. The topological polar surface area (TPSA) is 56.3 Å². The van der Waals surface area contributed by atoms with E-state index in [1.165, 1.54) is 35.2 Å². The molecule has 0 radical (unpaired) electrons. The Morgan fingerprint density at radius 2 is 2.33 bits per heavy atom. The number of halogens is 1. The summed E-state index contributed by atoms with van der Waals surface area (Å²) in [6, 6.07) is 2.96. The average molecular weight is 327 g/mol. The number of nitrogens with zero attached hydrogens (tertiary/aromatic N) is 2. The zero-order chi connectivity index (χ0) is 14.7. The summed E-state index contributed by atoms with van der Waals surface area (Å²) < 4.78 is 25.1. The molecule has 5 nitrogen and oxygen atoms in total. The lowest BCUT2D eigenvalue weighted by Gasteiger charge is -2.20. The van der Waals surface area contributed by atoms with Crippen LogP contribution in [0.2, 0.25) is 0 Å². The highest BCUT2D eigenvalue weighted by molar-refractivity contribution is 8.00. The maximum Gasteiger partial charge on any atom is 0.206 e. The first kappa shape index (κ1) is 14.6. The van der Waals surface area contributed by atoms with Crippen molar-refractivity contribution in [2.75, 3.05) is 18.7 Å². The van der Waals surface area contributed by atoms with Crippen LogP contribution in [-0.2, 0) is 17.1 Å². The first-order valence-electron chi connectivity index (χ1n) is 6.48. The predicted molar refractivity (Wildman–Crippen MR) is 80.3 cm³/mol. The zero-order valence-corrected chi connectivity index (χ0v) is 13.0. The molecule has 1 aromatic heterocycles. The molecule has 0 saturated heterocycles. The molecule has 0 aliphatic carbocycles. The molecule has 0 spiro atoms. The van der Waals surface area contributed by atoms with E-state index in [1.54, 1.807) is 0 Å². The van der Waals surface area contributed by atoms with Crippen molar-refractivity contribution >= 4 is 28.2 Å². The van der Waals surface area contributed by atoms with Gasteiger partial charge in [0.2, 0.25) is 5.13 Å². The molecule has 1 aliphatic rings. The van der Waals surface area contributed by atoms with E-state index >= 15 is 0 Å². The summed E-state index contributed by atoms with van der Waals surface area (Å²) in [5.41, 5.74) is 1.57. The van der Waals surface area contributed by atoms with Crippen molar-refractivity contribution in [2.24, 2.45) is 0 Å². The van der Waals surface area contributed by atoms with Crippen molar-refractivity contribution in [1.82, 2.24) is 10.2 Å². The van der Waals surface area contributed by atoms with Crippen LogP contribution in [0.4, 0.5) is 9.52 Å². The summed E-state index contributed by atoms with van der Waals surface area (Å²) in [6.45, 7) is 3.41. The van der Waals surface area contributed by atoms with Crippen LogP contribution in [0.5, 0.6) is 5.75 Å². The number of anilines is 1. The van der Waals surface area contributed by atoms with E-state index in [4.69, 9.17) is 9.47 Å². The van der Waals surface area contributed by atoms with Crippen molar-refractivity contribution < 1.29 is 13.9 Å². The molecule has 0 atom stereocenters. The summed E-state index contributed by atoms with van der Waals surface area (Å²) in [5, 5.41) is 12.0. The number of thioether (sulfide) groups is 1. The number of benzene rings is 1. The third kappa shape index (κ3) is 3.45. The smallest absolute Gasteiger partial charge is 0.206 e. The van der Waals surface area contributed by atoms with E-state index in [0.717, 1.165) is 32.9 Å². The molecule has 21 heavy (non-hydrogen) atoms. The highest BCUT2D eigenvalue weighted by atomic mass is 32.2. The highest BCUT2D eigenvalue weighted by Crippen LogP contribution is 2.35. The van der Waals surface area contributed by atoms with Crippen LogP contribution < -0.4 is 10.1 Å². The SMILES string of the molecule is CCNc1nnc(SCc2cc(F)cc3c2OCOC3)s1. The van der Waals surface area contributed by atoms with Crippen molar-refractivity contribution in [1.29, 1.82) is 0 Å². The molecule has 0 saturated carbocycles. The van der Waals surface area contributed by atoms with Crippen LogP contribution in [0.3, 0.4) is 0 Å². The normalized spacial score (nSPS) is 13.6. The first-order valence-corrected chi connectivity index (χ1v) is 8.28. The van der Waals surface area contributed by atoms with E-state index in [1.807, 2.05) is 6.92 Å². The van der Waals surface area contributed by atoms with Crippen molar-refractivity contribution in [3.63, 3.8) is 0 Å². The third-order valence-corrected chi connectivity index (χ3v) is 4.90. The molecule has 2 aromatic rings. The highest BCUT2D eigenvalue weighted by Gasteiger charge is 2.17. The van der Waals surface area contributed by atoms with Gasteiger partial charge < -0.3 is 14.8 Å². The second-order valence-electron chi connectivity index (χ2n) is 4.36. The number of aromatic nitrogens is 2. The fourth-order valence-electron chi connectivity index (χ4n) is 1.99. The van der Waals surface area contributed by atoms with Gasteiger partial charge in [0.1, 0.15) is 11.6 Å². The van der Waals surface area contributed by atoms with E-state index in [0.29, 0.717) is 12.4 Å². The van der Waals surface area contributed by atoms with E-state index in [-0.39, 0.29) is 12.6 Å². The average Bonchev–Trinajstić information content (AvgIpc) is 2.93. The fourth-order valence-corrected chi connectivity index (χ4v) is 3.78. The zero-order valence-electron chi connectivity index (χ0n) is 11.4. The molecule has 0 unspecified atom stereocenters. The minimum Gasteiger partial charge on any atom is -0.467 e. The van der Waals surface area contributed by atoms with E-state index < -0.39 is 0 Å². The molecule has 0 amide bonds. The number of nitrogens with one attached hydrogen (secondary N) is 1. The molecule has 2 heterocycles. The number of ether oxygens (including phenoxy) is 2. The van der Waals surface area contributed by atoms with Gasteiger partial charge in [0.05, 0.1) is 6.61 Å². The van der Waals surface area contributed by atoms with Gasteiger partial charge in [-0.05, 0) is 19.1 Å². The lowest BCUT2D eigenvalue weighted by Crippen LogP contribution is -2.13. The van der Waals surface area contributed by atoms with Gasteiger partial charge in [0.15, 0.2) is 11.1 Å². The second-order valence-corrected chi connectivity index (χ2v) is 6.56. The van der Waals surface area contributed by atoms with E-state index in [2.05, 4.69) is 15.5 Å². The van der Waals surface area contributed by atoms with Crippen LogP contribution in [-0.4, -0.2) is 23.5 Å². The van der Waals surface area contributed by atoms with Gasteiger partial charge >= 0.3 is 0 Å². The molecule has 1 aromatic carbocycles. The summed E-state index contributed by atoms with van der Waals surface area (Å²) in [4.78, 5) is 0. The third-order valence-electron chi connectivity index (χ3n) is 2.84. The van der Waals surface area contributed by atoms with Gasteiger partial charge in [-0.1, -0.05) is 23.1 Å². The number of hydrogen-bond donors (Lipinski definition) is 1. The maximum absolute atomic E-state index is 13.6. The lowest BCUT2D eigenvalue weighted by atomic mass is 10.1. The van der Waals surface area contributed by atoms with Gasteiger partial charge in [-0.3, -0.25) is 0 Å². The van der Waals surface area contributed by atoms with Crippen LogP contribution >= 0.6 is 23.1 Å². The monoisotopic (exact) mass is 327 g/mol. The standard InChI is InChI=1S/C13H14FN3O2S2/c1-2-15-12-16-17-13(21-12)20-6-9-4-10(14)3-8-5-18-7-19-11(8)9/h3-4H,2,5-7H2,1H3,(H,15,16). The molecular formula is C13H14FN3O2S2. The number of fused-ring (bicyclic) bond motifs is 1. The Labute approximate surface area is 129 Å². The lowest BCUT2D eigenvalue weighted by molar-refractivity contribution is -0.0171. The molecule has 112 valence electrons. The van der Waals surface area contributed by atoms with Crippen LogP contribution in [0, 0.1) is 5.82 Å².